The standard InChI is InChI=1S/C28H28F3N5O3/c29-28(30,31)14-10-23(37)35-16-12-18(13-17-35)22-11-15-33-36-25(26(32)38)24(34-27(22)36)19-6-8-21(9-7-19)39-20-4-2-1-3-5-20/h1-10,14,18,22,33H,11-13,15-17H2,(H2,32,38). The van der Waals surface area contributed by atoms with Gasteiger partial charge in [-0.05, 0) is 61.6 Å². The Morgan fingerprint density at radius 3 is 2.31 bits per heavy atom. The van der Waals surface area contributed by atoms with Gasteiger partial charge in [-0.25, -0.2) is 9.66 Å². The Balaban J connectivity index is 1.34. The first-order chi connectivity index (χ1) is 18.7. The second kappa shape index (κ2) is 10.8. The summed E-state index contributed by atoms with van der Waals surface area (Å²) in [5.41, 5.74) is 10.5. The average Bonchev–Trinajstić information content (AvgIpc) is 3.33. The number of nitrogens with zero attached hydrogens (tertiary/aromatic N) is 3. The Labute approximate surface area is 223 Å². The first-order valence-electron chi connectivity index (χ1n) is 12.7. The molecule has 2 aromatic carbocycles. The van der Waals surface area contributed by atoms with Crippen LogP contribution < -0.4 is 15.9 Å². The molecule has 1 saturated heterocycles. The third kappa shape index (κ3) is 5.92. The predicted octanol–water partition coefficient (Wildman–Crippen LogP) is 4.83. The molecule has 2 aliphatic rings. The molecule has 5 rings (SSSR count). The van der Waals surface area contributed by atoms with Crippen LogP contribution in [0.3, 0.4) is 0 Å². The highest BCUT2D eigenvalue weighted by Gasteiger charge is 2.36. The lowest BCUT2D eigenvalue weighted by atomic mass is 9.81. The Kier molecular flexibility index (Phi) is 7.32. The number of alkyl halides is 3. The topological polar surface area (TPSA) is 102 Å². The van der Waals surface area contributed by atoms with Gasteiger partial charge >= 0.3 is 6.18 Å². The monoisotopic (exact) mass is 539 g/mol. The maximum atomic E-state index is 12.5. The van der Waals surface area contributed by atoms with Crippen LogP contribution >= 0.6 is 0 Å². The summed E-state index contributed by atoms with van der Waals surface area (Å²) < 4.78 is 44.9. The van der Waals surface area contributed by atoms with Gasteiger partial charge in [0.05, 0.1) is 0 Å². The van der Waals surface area contributed by atoms with Crippen molar-refractivity contribution in [1.29, 1.82) is 0 Å². The Hall–Kier alpha value is -4.28. The van der Waals surface area contributed by atoms with Crippen molar-refractivity contribution in [3.05, 3.63) is 78.3 Å². The van der Waals surface area contributed by atoms with Gasteiger partial charge in [-0.2, -0.15) is 13.2 Å². The highest BCUT2D eigenvalue weighted by molar-refractivity contribution is 5.97. The average molecular weight is 540 g/mol. The van der Waals surface area contributed by atoms with Crippen LogP contribution in [0.5, 0.6) is 11.5 Å². The lowest BCUT2D eigenvalue weighted by molar-refractivity contribution is -0.128. The number of piperidine rings is 1. The second-order valence-electron chi connectivity index (χ2n) is 9.65. The largest absolute Gasteiger partial charge is 0.457 e. The van der Waals surface area contributed by atoms with Crippen molar-refractivity contribution in [3.8, 4) is 22.8 Å². The predicted molar refractivity (Wildman–Crippen MR) is 139 cm³/mol. The number of allylic oxidation sites excluding steroid dienone is 1. The number of carbonyl (C=O) groups excluding carboxylic acids is 2. The molecule has 11 heteroatoms. The minimum atomic E-state index is -4.52. The fourth-order valence-corrected chi connectivity index (χ4v) is 5.28. The molecule has 0 spiro atoms. The van der Waals surface area contributed by atoms with Gasteiger partial charge in [-0.15, -0.1) is 0 Å². The molecular weight excluding hydrogens is 511 g/mol. The fourth-order valence-electron chi connectivity index (χ4n) is 5.28. The van der Waals surface area contributed by atoms with Crippen LogP contribution in [0.1, 0.15) is 41.5 Å². The molecule has 1 atom stereocenters. The second-order valence-corrected chi connectivity index (χ2v) is 9.65. The lowest BCUT2D eigenvalue weighted by Crippen LogP contribution is -2.41. The number of hydrogen-bond donors (Lipinski definition) is 2. The van der Waals surface area contributed by atoms with E-state index in [0.717, 1.165) is 6.42 Å². The number of hydrogen-bond acceptors (Lipinski definition) is 5. The van der Waals surface area contributed by atoms with Crippen molar-refractivity contribution in [2.24, 2.45) is 11.7 Å². The molecule has 1 aromatic heterocycles. The van der Waals surface area contributed by atoms with E-state index >= 15 is 0 Å². The zero-order chi connectivity index (χ0) is 27.6. The Morgan fingerprint density at radius 1 is 1.00 bits per heavy atom. The number of para-hydroxylation sites is 1. The molecular formula is C28H28F3N5O3. The normalized spacial score (nSPS) is 18.0. The van der Waals surface area contributed by atoms with Crippen LogP contribution in [0, 0.1) is 5.92 Å². The number of imidazole rings is 1. The lowest BCUT2D eigenvalue weighted by Gasteiger charge is -2.37. The number of carbonyl (C=O) groups is 2. The van der Waals surface area contributed by atoms with Gasteiger partial charge in [-0.1, -0.05) is 18.2 Å². The number of ether oxygens (including phenoxy) is 1. The molecule has 1 fully saturated rings. The molecule has 0 bridgehead atoms. The van der Waals surface area contributed by atoms with Crippen LogP contribution in [-0.2, 0) is 4.79 Å². The van der Waals surface area contributed by atoms with Crippen molar-refractivity contribution >= 4 is 11.8 Å². The zero-order valence-electron chi connectivity index (χ0n) is 21.0. The molecule has 3 N–H and O–H groups in total. The number of rotatable bonds is 6. The molecule has 204 valence electrons. The van der Waals surface area contributed by atoms with Gasteiger partial charge < -0.3 is 20.8 Å². The first kappa shape index (κ1) is 26.3. The number of likely N-dealkylation sites (tertiary alicyclic amines) is 1. The highest BCUT2D eigenvalue weighted by atomic mass is 19.4. The summed E-state index contributed by atoms with van der Waals surface area (Å²) in [5, 5.41) is 0. The van der Waals surface area contributed by atoms with Crippen LogP contribution in [0.25, 0.3) is 11.3 Å². The number of benzene rings is 2. The van der Waals surface area contributed by atoms with E-state index in [-0.39, 0.29) is 23.6 Å². The van der Waals surface area contributed by atoms with Gasteiger partial charge in [0.25, 0.3) is 5.91 Å². The van der Waals surface area contributed by atoms with E-state index in [1.54, 1.807) is 16.8 Å². The first-order valence-corrected chi connectivity index (χ1v) is 12.7. The molecule has 2 amide bonds. The summed E-state index contributed by atoms with van der Waals surface area (Å²) in [6.45, 7) is 1.31. The molecule has 39 heavy (non-hydrogen) atoms. The van der Waals surface area contributed by atoms with E-state index < -0.39 is 18.0 Å². The number of nitrogens with two attached hydrogens (primary N) is 1. The van der Waals surface area contributed by atoms with Crippen LogP contribution in [0.4, 0.5) is 13.2 Å². The summed E-state index contributed by atoms with van der Waals surface area (Å²) in [4.78, 5) is 31.0. The zero-order valence-corrected chi connectivity index (χ0v) is 21.0. The Bertz CT molecular complexity index is 1360. The maximum absolute atomic E-state index is 12.5. The van der Waals surface area contributed by atoms with E-state index in [1.807, 2.05) is 42.5 Å². The van der Waals surface area contributed by atoms with Gasteiger partial charge in [0.15, 0.2) is 5.69 Å². The van der Waals surface area contributed by atoms with Crippen molar-refractivity contribution in [3.63, 3.8) is 0 Å². The quantitative estimate of drug-likeness (QED) is 0.437. The number of halogens is 3. The van der Waals surface area contributed by atoms with Crippen LogP contribution in [0.15, 0.2) is 66.7 Å². The van der Waals surface area contributed by atoms with E-state index in [4.69, 9.17) is 15.5 Å². The van der Waals surface area contributed by atoms with Crippen molar-refractivity contribution in [2.75, 3.05) is 25.1 Å². The van der Waals surface area contributed by atoms with E-state index in [1.165, 1.54) is 4.90 Å². The molecule has 0 radical (unpaired) electrons. The van der Waals surface area contributed by atoms with Crippen molar-refractivity contribution < 1.29 is 27.5 Å². The summed E-state index contributed by atoms with van der Waals surface area (Å²) in [6.07, 6.45) is -1.96. The SMILES string of the molecule is NC(=O)c1c(-c2ccc(Oc3ccccc3)cc2)nc2n1NCCC2C1CCN(C(=O)C=CC(F)(F)F)CC1. The number of primary amides is 1. The van der Waals surface area contributed by atoms with Crippen LogP contribution in [-0.4, -0.2) is 52.2 Å². The third-order valence-electron chi connectivity index (χ3n) is 7.14. The summed E-state index contributed by atoms with van der Waals surface area (Å²) in [6, 6.07) is 16.6. The third-order valence-corrected chi connectivity index (χ3v) is 7.14. The summed E-state index contributed by atoms with van der Waals surface area (Å²) >= 11 is 0. The number of aromatic nitrogens is 2. The van der Waals surface area contributed by atoms with E-state index in [0.29, 0.717) is 67.1 Å². The highest BCUT2D eigenvalue weighted by Crippen LogP contribution is 2.39. The maximum Gasteiger partial charge on any atom is 0.409 e. The summed E-state index contributed by atoms with van der Waals surface area (Å²) in [5.74, 6) is 0.930. The van der Waals surface area contributed by atoms with Gasteiger partial charge in [0, 0.05) is 43.3 Å². The van der Waals surface area contributed by atoms with Crippen molar-refractivity contribution in [2.45, 2.75) is 31.4 Å². The molecule has 2 aliphatic heterocycles. The molecule has 0 aliphatic carbocycles. The minimum absolute atomic E-state index is 0.00163. The van der Waals surface area contributed by atoms with E-state index in [2.05, 4.69) is 5.43 Å². The fraction of sp³-hybridized carbons (Fsp3) is 0.321. The smallest absolute Gasteiger partial charge is 0.409 e. The Morgan fingerprint density at radius 2 is 1.67 bits per heavy atom. The number of nitrogens with one attached hydrogen (secondary N) is 1. The molecule has 8 nitrogen and oxygen atoms in total. The summed E-state index contributed by atoms with van der Waals surface area (Å²) in [7, 11) is 0. The molecule has 3 heterocycles. The molecule has 3 aromatic rings. The van der Waals surface area contributed by atoms with E-state index in [9.17, 15) is 22.8 Å². The molecule has 0 saturated carbocycles. The minimum Gasteiger partial charge on any atom is -0.457 e. The van der Waals surface area contributed by atoms with Crippen molar-refractivity contribution in [1.82, 2.24) is 14.6 Å². The van der Waals surface area contributed by atoms with Crippen LogP contribution in [0.2, 0.25) is 0 Å². The van der Waals surface area contributed by atoms with Gasteiger partial charge in [-0.3, -0.25) is 9.59 Å². The number of amides is 2. The van der Waals surface area contributed by atoms with Gasteiger partial charge in [0.1, 0.15) is 23.0 Å². The molecule has 1 unspecified atom stereocenters. The number of fused-ring (bicyclic) bond motifs is 1. The van der Waals surface area contributed by atoms with Gasteiger partial charge in [0.2, 0.25) is 5.91 Å².